The first-order valence-electron chi connectivity index (χ1n) is 4.50. The van der Waals surface area contributed by atoms with Crippen molar-refractivity contribution in [2.45, 2.75) is 18.9 Å². The van der Waals surface area contributed by atoms with Crippen LogP contribution < -0.4 is 5.73 Å². The SMILES string of the molecule is Cl.N[C@@H](CCCO)c1cccc(F)c1O. The van der Waals surface area contributed by atoms with Crippen LogP contribution in [0.25, 0.3) is 0 Å². The minimum absolute atomic E-state index is 0. The minimum atomic E-state index is -0.665. The maximum atomic E-state index is 12.9. The zero-order valence-corrected chi connectivity index (χ0v) is 9.01. The molecular weight excluding hydrogens is 221 g/mol. The van der Waals surface area contributed by atoms with Crippen molar-refractivity contribution in [3.05, 3.63) is 29.6 Å². The van der Waals surface area contributed by atoms with E-state index in [1.54, 1.807) is 6.07 Å². The standard InChI is InChI=1S/C10H14FNO2.ClH/c11-8-4-1-3-7(10(8)14)9(12)5-2-6-13;/h1,3-4,9,13-14H,2,5-6,12H2;1H/t9-;/m0./s1. The number of halogens is 2. The molecule has 1 aromatic carbocycles. The summed E-state index contributed by atoms with van der Waals surface area (Å²) < 4.78 is 12.9. The van der Waals surface area contributed by atoms with Gasteiger partial charge < -0.3 is 15.9 Å². The molecule has 1 aromatic rings. The Morgan fingerprint density at radius 3 is 2.67 bits per heavy atom. The topological polar surface area (TPSA) is 66.5 Å². The molecule has 86 valence electrons. The quantitative estimate of drug-likeness (QED) is 0.745. The fourth-order valence-corrected chi connectivity index (χ4v) is 1.30. The van der Waals surface area contributed by atoms with Crippen LogP contribution >= 0.6 is 12.4 Å². The fraction of sp³-hybridized carbons (Fsp3) is 0.400. The van der Waals surface area contributed by atoms with Gasteiger partial charge in [0, 0.05) is 18.2 Å². The van der Waals surface area contributed by atoms with Crippen molar-refractivity contribution in [3.8, 4) is 5.75 Å². The van der Waals surface area contributed by atoms with Crippen LogP contribution in [0.4, 0.5) is 4.39 Å². The van der Waals surface area contributed by atoms with Gasteiger partial charge in [-0.15, -0.1) is 12.4 Å². The minimum Gasteiger partial charge on any atom is -0.505 e. The second-order valence-electron chi connectivity index (χ2n) is 3.15. The molecule has 0 spiro atoms. The van der Waals surface area contributed by atoms with Crippen molar-refractivity contribution < 1.29 is 14.6 Å². The Morgan fingerprint density at radius 1 is 1.40 bits per heavy atom. The number of benzene rings is 1. The Labute approximate surface area is 94.1 Å². The lowest BCUT2D eigenvalue weighted by atomic mass is 10.0. The maximum Gasteiger partial charge on any atom is 0.165 e. The zero-order valence-electron chi connectivity index (χ0n) is 8.19. The van der Waals surface area contributed by atoms with Gasteiger partial charge in [0.25, 0.3) is 0 Å². The number of nitrogens with two attached hydrogens (primary N) is 1. The summed E-state index contributed by atoms with van der Waals surface area (Å²) in [6.07, 6.45) is 1.06. The predicted molar refractivity (Wildman–Crippen MR) is 58.6 cm³/mol. The molecule has 5 heteroatoms. The first-order chi connectivity index (χ1) is 6.66. The van der Waals surface area contributed by atoms with Gasteiger partial charge in [-0.1, -0.05) is 12.1 Å². The molecule has 0 amide bonds. The Hall–Kier alpha value is -0.840. The summed E-state index contributed by atoms with van der Waals surface area (Å²) in [5.41, 5.74) is 6.10. The third-order valence-electron chi connectivity index (χ3n) is 2.09. The van der Waals surface area contributed by atoms with Crippen molar-refractivity contribution in [3.63, 3.8) is 0 Å². The molecule has 0 fully saturated rings. The monoisotopic (exact) mass is 235 g/mol. The average molecular weight is 236 g/mol. The molecule has 0 unspecified atom stereocenters. The Balaban J connectivity index is 0.00000196. The number of aliphatic hydroxyl groups excluding tert-OH is 1. The average Bonchev–Trinajstić information content (AvgIpc) is 2.18. The molecule has 1 atom stereocenters. The molecular formula is C10H15ClFNO2. The molecule has 0 bridgehead atoms. The number of aliphatic hydroxyl groups is 1. The van der Waals surface area contributed by atoms with E-state index in [0.29, 0.717) is 18.4 Å². The second-order valence-corrected chi connectivity index (χ2v) is 3.15. The van der Waals surface area contributed by atoms with Gasteiger partial charge >= 0.3 is 0 Å². The highest BCUT2D eigenvalue weighted by atomic mass is 35.5. The molecule has 3 nitrogen and oxygen atoms in total. The van der Waals surface area contributed by atoms with Crippen molar-refractivity contribution in [2.24, 2.45) is 5.73 Å². The first-order valence-corrected chi connectivity index (χ1v) is 4.50. The highest BCUT2D eigenvalue weighted by molar-refractivity contribution is 5.85. The molecule has 0 aliphatic heterocycles. The van der Waals surface area contributed by atoms with Crippen LogP contribution in [0.3, 0.4) is 0 Å². The van der Waals surface area contributed by atoms with Gasteiger partial charge in [0.05, 0.1) is 0 Å². The lowest BCUT2D eigenvalue weighted by Gasteiger charge is -2.12. The Kier molecular flexibility index (Phi) is 6.24. The lowest BCUT2D eigenvalue weighted by molar-refractivity contribution is 0.279. The van der Waals surface area contributed by atoms with E-state index in [9.17, 15) is 9.50 Å². The summed E-state index contributed by atoms with van der Waals surface area (Å²) in [4.78, 5) is 0. The number of phenols is 1. The largest absolute Gasteiger partial charge is 0.505 e. The molecule has 0 saturated heterocycles. The molecule has 4 N–H and O–H groups in total. The molecule has 15 heavy (non-hydrogen) atoms. The van der Waals surface area contributed by atoms with Crippen molar-refractivity contribution in [2.75, 3.05) is 6.61 Å². The Morgan fingerprint density at radius 2 is 2.07 bits per heavy atom. The molecule has 0 heterocycles. The number of hydrogen-bond acceptors (Lipinski definition) is 3. The van der Waals surface area contributed by atoms with E-state index in [4.69, 9.17) is 10.8 Å². The van der Waals surface area contributed by atoms with Gasteiger partial charge in [0.1, 0.15) is 0 Å². The van der Waals surface area contributed by atoms with E-state index in [1.807, 2.05) is 0 Å². The van der Waals surface area contributed by atoms with Crippen LogP contribution in [-0.2, 0) is 0 Å². The summed E-state index contributed by atoms with van der Waals surface area (Å²) in [5, 5.41) is 17.9. The number of para-hydroxylation sites is 1. The van der Waals surface area contributed by atoms with Crippen LogP contribution in [0.15, 0.2) is 18.2 Å². The van der Waals surface area contributed by atoms with E-state index in [2.05, 4.69) is 0 Å². The summed E-state index contributed by atoms with van der Waals surface area (Å²) in [5.74, 6) is -1.06. The van der Waals surface area contributed by atoms with Crippen LogP contribution in [0.5, 0.6) is 5.75 Å². The van der Waals surface area contributed by atoms with Crippen LogP contribution in [0.2, 0.25) is 0 Å². The summed E-state index contributed by atoms with van der Waals surface area (Å²) in [6, 6.07) is 3.83. The van der Waals surface area contributed by atoms with Gasteiger partial charge in [-0.05, 0) is 18.9 Å². The van der Waals surface area contributed by atoms with E-state index in [-0.39, 0.29) is 19.0 Å². The number of rotatable bonds is 4. The van der Waals surface area contributed by atoms with Gasteiger partial charge in [-0.25, -0.2) is 4.39 Å². The zero-order chi connectivity index (χ0) is 10.6. The van der Waals surface area contributed by atoms with Crippen molar-refractivity contribution in [1.82, 2.24) is 0 Å². The Bertz CT molecular complexity index is 309. The van der Waals surface area contributed by atoms with Crippen molar-refractivity contribution in [1.29, 1.82) is 0 Å². The number of hydrogen-bond donors (Lipinski definition) is 3. The second kappa shape index (κ2) is 6.61. The molecule has 0 radical (unpaired) electrons. The van der Waals surface area contributed by atoms with Crippen LogP contribution in [-0.4, -0.2) is 16.8 Å². The van der Waals surface area contributed by atoms with Gasteiger partial charge in [0.2, 0.25) is 0 Å². The van der Waals surface area contributed by atoms with Gasteiger partial charge in [-0.3, -0.25) is 0 Å². The van der Waals surface area contributed by atoms with E-state index in [1.165, 1.54) is 12.1 Å². The molecule has 1 rings (SSSR count). The van der Waals surface area contributed by atoms with E-state index < -0.39 is 17.6 Å². The fourth-order valence-electron chi connectivity index (χ4n) is 1.30. The first kappa shape index (κ1) is 14.2. The van der Waals surface area contributed by atoms with E-state index in [0.717, 1.165) is 0 Å². The normalized spacial score (nSPS) is 11.9. The molecule has 0 saturated carbocycles. The van der Waals surface area contributed by atoms with Crippen LogP contribution in [0, 0.1) is 5.82 Å². The summed E-state index contributed by atoms with van der Waals surface area (Å²) in [6.45, 7) is 0.0454. The molecule has 0 aliphatic carbocycles. The lowest BCUT2D eigenvalue weighted by Crippen LogP contribution is -2.11. The highest BCUT2D eigenvalue weighted by Crippen LogP contribution is 2.27. The van der Waals surface area contributed by atoms with Crippen molar-refractivity contribution >= 4 is 12.4 Å². The molecule has 0 aliphatic rings. The number of phenolic OH excluding ortho intramolecular Hbond substituents is 1. The highest BCUT2D eigenvalue weighted by Gasteiger charge is 2.12. The number of aromatic hydroxyl groups is 1. The smallest absolute Gasteiger partial charge is 0.165 e. The van der Waals surface area contributed by atoms with Gasteiger partial charge in [0.15, 0.2) is 11.6 Å². The summed E-state index contributed by atoms with van der Waals surface area (Å²) >= 11 is 0. The third-order valence-corrected chi connectivity index (χ3v) is 2.09. The predicted octanol–water partition coefficient (Wildman–Crippen LogP) is 1.73. The molecule has 0 aromatic heterocycles. The summed E-state index contributed by atoms with van der Waals surface area (Å²) in [7, 11) is 0. The van der Waals surface area contributed by atoms with E-state index >= 15 is 0 Å². The van der Waals surface area contributed by atoms with Crippen LogP contribution in [0.1, 0.15) is 24.4 Å². The third kappa shape index (κ3) is 3.66. The van der Waals surface area contributed by atoms with Gasteiger partial charge in [-0.2, -0.15) is 0 Å². The maximum absolute atomic E-state index is 12.9.